The molecule has 1 fully saturated rings. The van der Waals surface area contributed by atoms with Gasteiger partial charge in [-0.15, -0.1) is 5.10 Å². The third-order valence-electron chi connectivity index (χ3n) is 3.90. The van der Waals surface area contributed by atoms with Gasteiger partial charge in [0.05, 0.1) is 15.8 Å². The highest BCUT2D eigenvalue weighted by molar-refractivity contribution is 8.15. The van der Waals surface area contributed by atoms with Gasteiger partial charge >= 0.3 is 0 Å². The topological polar surface area (TPSA) is 82.9 Å². The fourth-order valence-electron chi connectivity index (χ4n) is 2.41. The average Bonchev–Trinajstić information content (AvgIpc) is 2.69. The summed E-state index contributed by atoms with van der Waals surface area (Å²) in [5, 5.41) is 14.5. The van der Waals surface area contributed by atoms with E-state index in [9.17, 15) is 9.59 Å². The van der Waals surface area contributed by atoms with E-state index < -0.39 is 5.25 Å². The fourth-order valence-corrected chi connectivity index (χ4v) is 3.76. The lowest BCUT2D eigenvalue weighted by Crippen LogP contribution is -2.41. The molecular weight excluding hydrogens is 455 g/mol. The van der Waals surface area contributed by atoms with Crippen molar-refractivity contribution in [2.75, 3.05) is 5.32 Å². The monoisotopic (exact) mass is 468 g/mol. The number of halogens is 3. The summed E-state index contributed by atoms with van der Waals surface area (Å²) in [5.41, 5.74) is 1.98. The van der Waals surface area contributed by atoms with Gasteiger partial charge in [0.25, 0.3) is 0 Å². The highest BCUT2D eigenvalue weighted by Gasteiger charge is 2.30. The summed E-state index contributed by atoms with van der Waals surface area (Å²) in [6, 6.07) is 11.9. The second kappa shape index (κ2) is 9.63. The minimum atomic E-state index is -0.650. The van der Waals surface area contributed by atoms with Crippen LogP contribution in [0.15, 0.2) is 52.7 Å². The molecule has 1 heterocycles. The van der Waals surface area contributed by atoms with E-state index in [1.165, 1.54) is 0 Å². The molecule has 1 saturated heterocycles. The average molecular weight is 470 g/mol. The Morgan fingerprint density at radius 2 is 1.86 bits per heavy atom. The van der Waals surface area contributed by atoms with Crippen LogP contribution in [0.2, 0.25) is 15.1 Å². The number of rotatable bonds is 4. The molecule has 150 valence electrons. The van der Waals surface area contributed by atoms with Gasteiger partial charge in [0.1, 0.15) is 5.25 Å². The van der Waals surface area contributed by atoms with E-state index >= 15 is 0 Å². The highest BCUT2D eigenvalue weighted by atomic mass is 35.5. The number of carbonyl (C=O) groups is 2. The van der Waals surface area contributed by atoms with Crippen LogP contribution in [0.4, 0.5) is 5.69 Å². The molecular formula is C19H15Cl3N4O2S. The van der Waals surface area contributed by atoms with Crippen molar-refractivity contribution in [3.05, 3.63) is 63.1 Å². The molecule has 10 heteroatoms. The molecule has 2 aromatic carbocycles. The number of anilines is 1. The van der Waals surface area contributed by atoms with Crippen LogP contribution in [0.25, 0.3) is 0 Å². The van der Waals surface area contributed by atoms with Gasteiger partial charge in [-0.3, -0.25) is 9.59 Å². The first-order valence-corrected chi connectivity index (χ1v) is 10.4. The maximum atomic E-state index is 12.6. The molecule has 0 unspecified atom stereocenters. The molecule has 3 rings (SSSR count). The standard InChI is InChI=1S/C19H15Cl3N4O2S/c1-10(11-2-4-12(20)5-3-11)25-26-19-24-17(27)9-16(29-19)18(28)23-13-6-7-14(21)15(22)8-13/h2-8,16H,9H2,1H3,(H,23,28)(H,24,26,27)/b25-10+/t16-/m0/s1. The molecule has 2 amide bonds. The van der Waals surface area contributed by atoms with Crippen LogP contribution < -0.4 is 10.6 Å². The first kappa shape index (κ1) is 21.6. The van der Waals surface area contributed by atoms with E-state index in [1.54, 1.807) is 37.3 Å². The Kier molecular flexibility index (Phi) is 7.18. The zero-order valence-corrected chi connectivity index (χ0v) is 18.2. The molecule has 6 nitrogen and oxygen atoms in total. The smallest absolute Gasteiger partial charge is 0.238 e. The number of nitrogens with one attached hydrogen (secondary N) is 2. The highest BCUT2D eigenvalue weighted by Crippen LogP contribution is 2.27. The van der Waals surface area contributed by atoms with E-state index in [0.29, 0.717) is 26.5 Å². The molecule has 0 radical (unpaired) electrons. The van der Waals surface area contributed by atoms with Crippen LogP contribution in [0.3, 0.4) is 0 Å². The van der Waals surface area contributed by atoms with Crippen molar-refractivity contribution in [2.45, 2.75) is 18.6 Å². The van der Waals surface area contributed by atoms with Crippen LogP contribution in [0.1, 0.15) is 18.9 Å². The predicted octanol–water partition coefficient (Wildman–Crippen LogP) is 4.99. The Morgan fingerprint density at radius 3 is 2.55 bits per heavy atom. The van der Waals surface area contributed by atoms with E-state index in [0.717, 1.165) is 17.3 Å². The second-order valence-corrected chi connectivity index (χ2v) is 8.52. The van der Waals surface area contributed by atoms with Crippen LogP contribution in [-0.2, 0) is 9.59 Å². The lowest BCUT2D eigenvalue weighted by Gasteiger charge is -2.21. The van der Waals surface area contributed by atoms with Crippen molar-refractivity contribution >= 4 is 74.9 Å². The normalized spacial score (nSPS) is 18.5. The number of amidine groups is 1. The molecule has 0 spiro atoms. The predicted molar refractivity (Wildman–Crippen MR) is 120 cm³/mol. The van der Waals surface area contributed by atoms with Gasteiger partial charge in [-0.05, 0) is 42.8 Å². The Morgan fingerprint density at radius 1 is 1.14 bits per heavy atom. The SMILES string of the molecule is C/C(=N\N=C1/NC(=O)C[C@@H](C(=O)Nc2ccc(Cl)c(Cl)c2)S1)c1ccc(Cl)cc1. The Bertz CT molecular complexity index is 1010. The van der Waals surface area contributed by atoms with Crippen molar-refractivity contribution in [3.63, 3.8) is 0 Å². The van der Waals surface area contributed by atoms with E-state index in [1.807, 2.05) is 12.1 Å². The van der Waals surface area contributed by atoms with E-state index in [-0.39, 0.29) is 23.4 Å². The summed E-state index contributed by atoms with van der Waals surface area (Å²) < 4.78 is 0. The first-order chi connectivity index (χ1) is 13.8. The van der Waals surface area contributed by atoms with Gasteiger partial charge < -0.3 is 10.6 Å². The van der Waals surface area contributed by atoms with Gasteiger partial charge in [-0.2, -0.15) is 5.10 Å². The van der Waals surface area contributed by atoms with E-state index in [4.69, 9.17) is 34.8 Å². The van der Waals surface area contributed by atoms with Crippen LogP contribution in [0.5, 0.6) is 0 Å². The molecule has 1 aliphatic rings. The maximum absolute atomic E-state index is 12.6. The molecule has 29 heavy (non-hydrogen) atoms. The molecule has 0 saturated carbocycles. The molecule has 2 aromatic rings. The summed E-state index contributed by atoms with van der Waals surface area (Å²) in [7, 11) is 0. The van der Waals surface area contributed by atoms with Crippen LogP contribution in [-0.4, -0.2) is 27.9 Å². The minimum absolute atomic E-state index is 0.0245. The molecule has 1 aliphatic heterocycles. The number of nitrogens with zero attached hydrogens (tertiary/aromatic N) is 2. The largest absolute Gasteiger partial charge is 0.325 e. The summed E-state index contributed by atoms with van der Waals surface area (Å²) in [6.07, 6.45) is 0.0245. The van der Waals surface area contributed by atoms with Crippen molar-refractivity contribution in [1.29, 1.82) is 0 Å². The van der Waals surface area contributed by atoms with Crippen molar-refractivity contribution in [1.82, 2.24) is 5.32 Å². The first-order valence-electron chi connectivity index (χ1n) is 8.42. The quantitative estimate of drug-likeness (QED) is 0.489. The zero-order valence-electron chi connectivity index (χ0n) is 15.1. The Balaban J connectivity index is 1.70. The summed E-state index contributed by atoms with van der Waals surface area (Å²) in [6.45, 7) is 1.79. The van der Waals surface area contributed by atoms with Gasteiger partial charge in [-0.1, -0.05) is 58.7 Å². The summed E-state index contributed by atoms with van der Waals surface area (Å²) >= 11 is 18.9. The third-order valence-corrected chi connectivity index (χ3v) is 5.97. The number of hydrogen-bond donors (Lipinski definition) is 2. The van der Waals surface area contributed by atoms with Crippen molar-refractivity contribution in [3.8, 4) is 0 Å². The molecule has 0 bridgehead atoms. The van der Waals surface area contributed by atoms with Gasteiger partial charge in [0.15, 0.2) is 5.17 Å². The van der Waals surface area contributed by atoms with Crippen molar-refractivity contribution in [2.24, 2.45) is 10.2 Å². The maximum Gasteiger partial charge on any atom is 0.238 e. The third kappa shape index (κ3) is 5.96. The number of thioether (sulfide) groups is 1. The van der Waals surface area contributed by atoms with Gasteiger partial charge in [0, 0.05) is 17.1 Å². The van der Waals surface area contributed by atoms with Crippen LogP contribution >= 0.6 is 46.6 Å². The fraction of sp³-hybridized carbons (Fsp3) is 0.158. The zero-order chi connectivity index (χ0) is 21.0. The van der Waals surface area contributed by atoms with Gasteiger partial charge in [0.2, 0.25) is 11.8 Å². The second-order valence-electron chi connectivity index (χ2n) is 6.07. The number of hydrogen-bond acceptors (Lipinski definition) is 5. The molecule has 1 atom stereocenters. The number of amides is 2. The summed E-state index contributed by atoms with van der Waals surface area (Å²) in [5.74, 6) is -0.648. The number of carbonyl (C=O) groups excluding carboxylic acids is 2. The Labute approximate surface area is 186 Å². The number of benzene rings is 2. The minimum Gasteiger partial charge on any atom is -0.325 e. The molecule has 0 aromatic heterocycles. The summed E-state index contributed by atoms with van der Waals surface area (Å²) in [4.78, 5) is 24.6. The lowest BCUT2D eigenvalue weighted by molar-refractivity contribution is -0.123. The van der Waals surface area contributed by atoms with Crippen molar-refractivity contribution < 1.29 is 9.59 Å². The Hall–Kier alpha value is -2.06. The molecule has 2 N–H and O–H groups in total. The van der Waals surface area contributed by atoms with E-state index in [2.05, 4.69) is 20.8 Å². The molecule has 0 aliphatic carbocycles. The van der Waals surface area contributed by atoms with Crippen LogP contribution in [0, 0.1) is 0 Å². The van der Waals surface area contributed by atoms with Gasteiger partial charge in [-0.25, -0.2) is 0 Å². The lowest BCUT2D eigenvalue weighted by atomic mass is 10.1.